The molecule has 1 unspecified atom stereocenters. The molecule has 156 valence electrons. The number of rotatable bonds is 4. The molecule has 1 aliphatic heterocycles. The Labute approximate surface area is 175 Å². The number of aryl methyl sites for hydroxylation is 1. The van der Waals surface area contributed by atoms with Gasteiger partial charge in [-0.25, -0.2) is 4.99 Å². The van der Waals surface area contributed by atoms with Crippen molar-refractivity contribution < 1.29 is 4.74 Å². The first-order chi connectivity index (χ1) is 14.6. The Balaban J connectivity index is 1.48. The normalized spacial score (nSPS) is 21.1. The third-order valence-corrected chi connectivity index (χ3v) is 6.27. The molecular weight excluding hydrogens is 378 g/mol. The summed E-state index contributed by atoms with van der Waals surface area (Å²) in [6.45, 7) is 0. The number of hydrogen-bond donors (Lipinski definition) is 4. The lowest BCUT2D eigenvalue weighted by Gasteiger charge is -2.36. The molecule has 0 saturated heterocycles. The zero-order valence-electron chi connectivity index (χ0n) is 17.3. The van der Waals surface area contributed by atoms with E-state index in [1.165, 1.54) is 12.8 Å². The fourth-order valence-corrected chi connectivity index (χ4v) is 4.67. The zero-order valence-corrected chi connectivity index (χ0v) is 17.3. The number of aromatic amines is 1. The van der Waals surface area contributed by atoms with Crippen LogP contribution in [0.2, 0.25) is 0 Å². The predicted octanol–water partition coefficient (Wildman–Crippen LogP) is 3.62. The van der Waals surface area contributed by atoms with Crippen molar-refractivity contribution in [2.45, 2.75) is 31.3 Å². The summed E-state index contributed by atoms with van der Waals surface area (Å²) >= 11 is 0. The summed E-state index contributed by atoms with van der Waals surface area (Å²) in [4.78, 5) is 8.21. The standard InChI is InChI=1S/C22H27N7O/c1-29-18(10-12-25-29)14-7-8-17(19(13-14)30-2)26-21-27-20-16(9-11-24-20)22(23,28-21)15-5-3-4-6-15/h7-13,15,24H,3-6,23H2,1-2H3,(H2,26,27,28). The van der Waals surface area contributed by atoms with E-state index in [0.29, 0.717) is 11.9 Å². The average molecular weight is 406 g/mol. The Bertz CT molecular complexity index is 1090. The van der Waals surface area contributed by atoms with Crippen molar-refractivity contribution in [1.82, 2.24) is 14.8 Å². The van der Waals surface area contributed by atoms with Gasteiger partial charge >= 0.3 is 0 Å². The van der Waals surface area contributed by atoms with E-state index in [-0.39, 0.29) is 0 Å². The molecule has 1 saturated carbocycles. The molecule has 2 aliphatic rings. The van der Waals surface area contributed by atoms with Crippen LogP contribution < -0.4 is 21.1 Å². The van der Waals surface area contributed by atoms with Crippen molar-refractivity contribution in [2.24, 2.45) is 23.7 Å². The first kappa shape index (κ1) is 18.7. The molecule has 5 N–H and O–H groups in total. The van der Waals surface area contributed by atoms with Crippen LogP contribution in [0.1, 0.15) is 31.2 Å². The summed E-state index contributed by atoms with van der Waals surface area (Å²) in [6, 6.07) is 10.0. The van der Waals surface area contributed by atoms with Gasteiger partial charge in [0.05, 0.1) is 18.5 Å². The van der Waals surface area contributed by atoms with Gasteiger partial charge in [0.15, 0.2) is 0 Å². The lowest BCUT2D eigenvalue weighted by molar-refractivity contribution is 0.291. The molecule has 3 aromatic rings. The van der Waals surface area contributed by atoms with E-state index >= 15 is 0 Å². The minimum Gasteiger partial charge on any atom is -0.495 e. The summed E-state index contributed by atoms with van der Waals surface area (Å²) in [6.07, 6.45) is 8.31. The monoisotopic (exact) mass is 405 g/mol. The number of ether oxygens (including phenoxy) is 1. The van der Waals surface area contributed by atoms with E-state index in [1.54, 1.807) is 13.3 Å². The van der Waals surface area contributed by atoms with Gasteiger partial charge in [0.2, 0.25) is 5.96 Å². The summed E-state index contributed by atoms with van der Waals surface area (Å²) in [5, 5.41) is 11.0. The van der Waals surface area contributed by atoms with Crippen molar-refractivity contribution in [3.05, 3.63) is 48.3 Å². The van der Waals surface area contributed by atoms with Crippen LogP contribution in [0.4, 0.5) is 11.5 Å². The summed E-state index contributed by atoms with van der Waals surface area (Å²) in [5.74, 6) is 2.57. The maximum absolute atomic E-state index is 6.91. The highest BCUT2D eigenvalue weighted by atomic mass is 16.5. The van der Waals surface area contributed by atoms with E-state index in [9.17, 15) is 0 Å². The number of hydrogen-bond acceptors (Lipinski definition) is 6. The highest BCUT2D eigenvalue weighted by Crippen LogP contribution is 2.44. The summed E-state index contributed by atoms with van der Waals surface area (Å²) < 4.78 is 7.50. The smallest absolute Gasteiger partial charge is 0.203 e. The van der Waals surface area contributed by atoms with Crippen LogP contribution in [0.3, 0.4) is 0 Å². The van der Waals surface area contributed by atoms with Gasteiger partial charge in [-0.1, -0.05) is 18.9 Å². The topological polar surface area (TPSA) is 105 Å². The maximum atomic E-state index is 6.91. The Morgan fingerprint density at radius 3 is 2.80 bits per heavy atom. The fourth-order valence-electron chi connectivity index (χ4n) is 4.67. The lowest BCUT2D eigenvalue weighted by atomic mass is 9.86. The Morgan fingerprint density at radius 1 is 1.23 bits per heavy atom. The number of aromatic nitrogens is 3. The number of fused-ring (bicyclic) bond motifs is 1. The molecule has 1 fully saturated rings. The van der Waals surface area contributed by atoms with E-state index in [2.05, 4.69) is 20.7 Å². The summed E-state index contributed by atoms with van der Waals surface area (Å²) in [5.41, 5.74) is 10.1. The van der Waals surface area contributed by atoms with Gasteiger partial charge in [-0.05, 0) is 37.1 Å². The van der Waals surface area contributed by atoms with Crippen molar-refractivity contribution in [2.75, 3.05) is 17.7 Å². The van der Waals surface area contributed by atoms with Gasteiger partial charge in [-0.15, -0.1) is 0 Å². The van der Waals surface area contributed by atoms with Crippen LogP contribution in [-0.2, 0) is 12.7 Å². The van der Waals surface area contributed by atoms with Crippen LogP contribution in [0.5, 0.6) is 5.75 Å². The van der Waals surface area contributed by atoms with E-state index in [4.69, 9.17) is 15.5 Å². The molecule has 0 bridgehead atoms. The number of methoxy groups -OCH3 is 1. The van der Waals surface area contributed by atoms with Crippen LogP contribution in [-0.4, -0.2) is 27.8 Å². The van der Waals surface area contributed by atoms with Gasteiger partial charge < -0.3 is 26.1 Å². The zero-order chi connectivity index (χ0) is 20.7. The first-order valence-electron chi connectivity index (χ1n) is 10.4. The lowest BCUT2D eigenvalue weighted by Crippen LogP contribution is -2.47. The number of nitrogens with one attached hydrogen (secondary N) is 3. The molecule has 0 amide bonds. The third-order valence-electron chi connectivity index (χ3n) is 6.27. The molecule has 8 nitrogen and oxygen atoms in total. The Hall–Kier alpha value is -3.26. The van der Waals surface area contributed by atoms with Gasteiger partial charge in [0.1, 0.15) is 17.2 Å². The second-order valence-electron chi connectivity index (χ2n) is 8.04. The number of guanidine groups is 1. The molecule has 5 rings (SSSR count). The number of aliphatic imine (C=N–C) groups is 1. The van der Waals surface area contributed by atoms with Gasteiger partial charge in [0.25, 0.3) is 0 Å². The number of nitrogens with zero attached hydrogens (tertiary/aromatic N) is 3. The van der Waals surface area contributed by atoms with Crippen molar-refractivity contribution in [3.8, 4) is 17.0 Å². The first-order valence-corrected chi connectivity index (χ1v) is 10.4. The van der Waals surface area contributed by atoms with Crippen LogP contribution in [0.15, 0.2) is 47.7 Å². The Kier molecular flexibility index (Phi) is 4.51. The minimum absolute atomic E-state index is 0.333. The number of benzene rings is 1. The predicted molar refractivity (Wildman–Crippen MR) is 118 cm³/mol. The number of anilines is 2. The SMILES string of the molecule is COc1cc(-c2ccnn2C)ccc1NC1=NC(N)(C2CCCC2)c2cc[nH]c2N1. The second-order valence-corrected chi connectivity index (χ2v) is 8.04. The molecular formula is C22H27N7O. The maximum Gasteiger partial charge on any atom is 0.203 e. The van der Waals surface area contributed by atoms with E-state index in [0.717, 1.165) is 46.9 Å². The number of H-pyrrole nitrogens is 1. The van der Waals surface area contributed by atoms with Gasteiger partial charge in [-0.3, -0.25) is 4.68 Å². The third kappa shape index (κ3) is 3.04. The Morgan fingerprint density at radius 2 is 2.07 bits per heavy atom. The highest BCUT2D eigenvalue weighted by Gasteiger charge is 2.43. The average Bonchev–Trinajstić information content (AvgIpc) is 3.50. The molecule has 1 aromatic carbocycles. The molecule has 2 aromatic heterocycles. The quantitative estimate of drug-likeness (QED) is 0.531. The van der Waals surface area contributed by atoms with Gasteiger partial charge in [0, 0.05) is 36.5 Å². The van der Waals surface area contributed by atoms with E-state index in [1.807, 2.05) is 48.3 Å². The van der Waals surface area contributed by atoms with Crippen molar-refractivity contribution in [3.63, 3.8) is 0 Å². The molecule has 1 aliphatic carbocycles. The van der Waals surface area contributed by atoms with Crippen LogP contribution in [0.25, 0.3) is 11.3 Å². The van der Waals surface area contributed by atoms with E-state index < -0.39 is 5.66 Å². The fraction of sp³-hybridized carbons (Fsp3) is 0.364. The summed E-state index contributed by atoms with van der Waals surface area (Å²) in [7, 11) is 3.59. The molecule has 8 heteroatoms. The molecule has 0 radical (unpaired) electrons. The molecule has 0 spiro atoms. The van der Waals surface area contributed by atoms with Crippen LogP contribution >= 0.6 is 0 Å². The second kappa shape index (κ2) is 7.21. The largest absolute Gasteiger partial charge is 0.495 e. The van der Waals surface area contributed by atoms with Crippen molar-refractivity contribution >= 4 is 17.5 Å². The minimum atomic E-state index is -0.735. The molecule has 3 heterocycles. The van der Waals surface area contributed by atoms with Gasteiger partial charge in [-0.2, -0.15) is 5.10 Å². The molecule has 1 atom stereocenters. The number of nitrogens with two attached hydrogens (primary N) is 1. The highest BCUT2D eigenvalue weighted by molar-refractivity contribution is 6.06. The molecule has 30 heavy (non-hydrogen) atoms. The van der Waals surface area contributed by atoms with Crippen LogP contribution in [0, 0.1) is 5.92 Å². The van der Waals surface area contributed by atoms with Crippen molar-refractivity contribution in [1.29, 1.82) is 0 Å².